The zero-order valence-corrected chi connectivity index (χ0v) is 7.65. The van der Waals surface area contributed by atoms with Gasteiger partial charge in [0.15, 0.2) is 0 Å². The zero-order chi connectivity index (χ0) is 9.84. The number of rotatable bonds is 2. The van der Waals surface area contributed by atoms with E-state index in [4.69, 9.17) is 10.6 Å². The maximum absolute atomic E-state index is 10.6. The molecule has 0 heterocycles. The molecule has 0 aliphatic carbocycles. The molecule has 0 unspecified atom stereocenters. The summed E-state index contributed by atoms with van der Waals surface area (Å²) in [6.07, 6.45) is 0. The van der Waals surface area contributed by atoms with Gasteiger partial charge in [-0.15, -0.1) is 0 Å². The van der Waals surface area contributed by atoms with Gasteiger partial charge in [-0.3, -0.25) is 4.79 Å². The Labute approximate surface area is 76.9 Å². The monoisotopic (exact) mass is 180 g/mol. The van der Waals surface area contributed by atoms with E-state index in [-0.39, 0.29) is 5.97 Å². The minimum atomic E-state index is -0.348. The van der Waals surface area contributed by atoms with Crippen LogP contribution in [0.4, 0.5) is 11.4 Å². The number of hydroxylamine groups is 1. The summed E-state index contributed by atoms with van der Waals surface area (Å²) in [6, 6.07) is 7.04. The summed E-state index contributed by atoms with van der Waals surface area (Å²) in [4.78, 5) is 15.4. The normalized spacial score (nSPS) is 9.38. The Hall–Kier alpha value is -1.71. The minimum absolute atomic E-state index is 0.348. The fourth-order valence-corrected chi connectivity index (χ4v) is 0.930. The number of nitrogens with zero attached hydrogens (tertiary/aromatic N) is 1. The Morgan fingerprint density at radius 2 is 1.92 bits per heavy atom. The Morgan fingerprint density at radius 3 is 2.38 bits per heavy atom. The van der Waals surface area contributed by atoms with E-state index in [1.807, 2.05) is 0 Å². The molecule has 1 aromatic rings. The van der Waals surface area contributed by atoms with Gasteiger partial charge in [0.25, 0.3) is 0 Å². The standard InChI is InChI=1S/C9H12N2O2/c1-7(12)13-11(2)9-5-3-8(10)4-6-9/h3-6H,10H2,1-2H3. The number of carbonyl (C=O) groups is 1. The van der Waals surface area contributed by atoms with Gasteiger partial charge in [-0.1, -0.05) is 0 Å². The minimum Gasteiger partial charge on any atom is -0.399 e. The van der Waals surface area contributed by atoms with Crippen molar-refractivity contribution >= 4 is 17.3 Å². The number of carbonyl (C=O) groups excluding carboxylic acids is 1. The molecule has 1 rings (SSSR count). The van der Waals surface area contributed by atoms with Gasteiger partial charge in [0, 0.05) is 19.7 Å². The van der Waals surface area contributed by atoms with Crippen LogP contribution in [0.25, 0.3) is 0 Å². The summed E-state index contributed by atoms with van der Waals surface area (Å²) in [6.45, 7) is 1.35. The average molecular weight is 180 g/mol. The van der Waals surface area contributed by atoms with Crippen LogP contribution >= 0.6 is 0 Å². The van der Waals surface area contributed by atoms with Gasteiger partial charge in [0.2, 0.25) is 0 Å². The van der Waals surface area contributed by atoms with E-state index in [0.29, 0.717) is 5.69 Å². The van der Waals surface area contributed by atoms with Crippen molar-refractivity contribution in [1.29, 1.82) is 0 Å². The molecule has 0 saturated carbocycles. The van der Waals surface area contributed by atoms with E-state index in [1.165, 1.54) is 12.0 Å². The van der Waals surface area contributed by atoms with Crippen LogP contribution in [0.5, 0.6) is 0 Å². The second-order valence-corrected chi connectivity index (χ2v) is 2.67. The molecule has 1 aromatic carbocycles. The fourth-order valence-electron chi connectivity index (χ4n) is 0.930. The van der Waals surface area contributed by atoms with Gasteiger partial charge in [0.05, 0.1) is 5.69 Å². The van der Waals surface area contributed by atoms with E-state index in [9.17, 15) is 4.79 Å². The lowest BCUT2D eigenvalue weighted by Crippen LogP contribution is -2.20. The van der Waals surface area contributed by atoms with Crippen molar-refractivity contribution in [2.45, 2.75) is 6.92 Å². The quantitative estimate of drug-likeness (QED) is 0.548. The third kappa shape index (κ3) is 2.66. The molecule has 0 aliphatic heterocycles. The summed E-state index contributed by atoms with van der Waals surface area (Å²) in [5.74, 6) is -0.348. The first kappa shape index (κ1) is 9.38. The maximum atomic E-state index is 10.6. The predicted molar refractivity (Wildman–Crippen MR) is 51.0 cm³/mol. The van der Waals surface area contributed by atoms with Gasteiger partial charge >= 0.3 is 5.97 Å². The molecular formula is C9H12N2O2. The van der Waals surface area contributed by atoms with Gasteiger partial charge < -0.3 is 10.6 Å². The molecular weight excluding hydrogens is 168 g/mol. The van der Waals surface area contributed by atoms with Crippen molar-refractivity contribution in [3.8, 4) is 0 Å². The first-order valence-electron chi connectivity index (χ1n) is 3.87. The number of nitrogens with two attached hydrogens (primary N) is 1. The van der Waals surface area contributed by atoms with Crippen LogP contribution < -0.4 is 10.8 Å². The van der Waals surface area contributed by atoms with Crippen LogP contribution in [-0.4, -0.2) is 13.0 Å². The summed E-state index contributed by atoms with van der Waals surface area (Å²) in [7, 11) is 1.66. The average Bonchev–Trinajstić information content (AvgIpc) is 2.04. The predicted octanol–water partition coefficient (Wildman–Crippen LogP) is 1.18. The summed E-state index contributed by atoms with van der Waals surface area (Å²) in [5.41, 5.74) is 6.96. The van der Waals surface area contributed by atoms with Gasteiger partial charge in [-0.05, 0) is 24.3 Å². The largest absolute Gasteiger partial charge is 0.399 e. The molecule has 0 radical (unpaired) electrons. The molecule has 2 N–H and O–H groups in total. The molecule has 70 valence electrons. The molecule has 0 atom stereocenters. The molecule has 0 aliphatic rings. The number of hydrogen-bond donors (Lipinski definition) is 1. The first-order valence-corrected chi connectivity index (χ1v) is 3.87. The lowest BCUT2D eigenvalue weighted by atomic mass is 10.3. The van der Waals surface area contributed by atoms with Crippen molar-refractivity contribution in [2.75, 3.05) is 17.8 Å². The molecule has 4 nitrogen and oxygen atoms in total. The Balaban J connectivity index is 2.71. The van der Waals surface area contributed by atoms with Gasteiger partial charge in [-0.2, -0.15) is 0 Å². The van der Waals surface area contributed by atoms with Crippen molar-refractivity contribution in [1.82, 2.24) is 0 Å². The molecule has 4 heteroatoms. The summed E-state index contributed by atoms with van der Waals surface area (Å²) < 4.78 is 0. The number of anilines is 2. The molecule has 0 spiro atoms. The third-order valence-corrected chi connectivity index (χ3v) is 1.52. The van der Waals surface area contributed by atoms with Crippen molar-refractivity contribution in [3.63, 3.8) is 0 Å². The molecule has 0 amide bonds. The second kappa shape index (κ2) is 3.80. The number of benzene rings is 1. The summed E-state index contributed by atoms with van der Waals surface area (Å²) >= 11 is 0. The molecule has 0 aromatic heterocycles. The highest BCUT2D eigenvalue weighted by Crippen LogP contribution is 2.14. The van der Waals surface area contributed by atoms with E-state index >= 15 is 0 Å². The van der Waals surface area contributed by atoms with Crippen molar-refractivity contribution in [3.05, 3.63) is 24.3 Å². The fraction of sp³-hybridized carbons (Fsp3) is 0.222. The van der Waals surface area contributed by atoms with Crippen molar-refractivity contribution < 1.29 is 9.63 Å². The van der Waals surface area contributed by atoms with Crippen LogP contribution in [0.3, 0.4) is 0 Å². The van der Waals surface area contributed by atoms with Crippen LogP contribution in [0.1, 0.15) is 6.92 Å². The maximum Gasteiger partial charge on any atom is 0.329 e. The molecule has 0 bridgehead atoms. The highest BCUT2D eigenvalue weighted by atomic mass is 16.7. The molecule has 0 fully saturated rings. The SMILES string of the molecule is CC(=O)ON(C)c1ccc(N)cc1. The Morgan fingerprint density at radius 1 is 1.38 bits per heavy atom. The van der Waals surface area contributed by atoms with Gasteiger partial charge in [0.1, 0.15) is 0 Å². The molecule has 0 saturated heterocycles. The van der Waals surface area contributed by atoms with Crippen molar-refractivity contribution in [2.24, 2.45) is 0 Å². The lowest BCUT2D eigenvalue weighted by Gasteiger charge is -2.16. The summed E-state index contributed by atoms with van der Waals surface area (Å²) in [5, 5.41) is 1.39. The van der Waals surface area contributed by atoms with Crippen LogP contribution in [0.15, 0.2) is 24.3 Å². The van der Waals surface area contributed by atoms with E-state index < -0.39 is 0 Å². The second-order valence-electron chi connectivity index (χ2n) is 2.67. The third-order valence-electron chi connectivity index (χ3n) is 1.52. The van der Waals surface area contributed by atoms with Crippen LogP contribution in [-0.2, 0) is 9.63 Å². The van der Waals surface area contributed by atoms with E-state index in [1.54, 1.807) is 31.3 Å². The lowest BCUT2D eigenvalue weighted by molar-refractivity contribution is -0.141. The first-order chi connectivity index (χ1) is 6.09. The smallest absolute Gasteiger partial charge is 0.329 e. The van der Waals surface area contributed by atoms with Crippen LogP contribution in [0.2, 0.25) is 0 Å². The topological polar surface area (TPSA) is 55.6 Å². The highest BCUT2D eigenvalue weighted by Gasteiger charge is 2.02. The number of nitrogen functional groups attached to an aromatic ring is 1. The zero-order valence-electron chi connectivity index (χ0n) is 7.65. The Bertz CT molecular complexity index is 295. The van der Waals surface area contributed by atoms with Crippen LogP contribution in [0, 0.1) is 0 Å². The Kier molecular flexibility index (Phi) is 2.74. The molecule has 13 heavy (non-hydrogen) atoms. The van der Waals surface area contributed by atoms with Gasteiger partial charge in [-0.25, -0.2) is 5.06 Å². The number of hydrogen-bond acceptors (Lipinski definition) is 4. The van der Waals surface area contributed by atoms with E-state index in [0.717, 1.165) is 5.69 Å². The van der Waals surface area contributed by atoms with E-state index in [2.05, 4.69) is 0 Å². The highest BCUT2D eigenvalue weighted by molar-refractivity contribution is 5.67.